The Kier molecular flexibility index (Phi) is 6.65. The van der Waals surface area contributed by atoms with Crippen LogP contribution in [0.2, 0.25) is 5.02 Å². The monoisotopic (exact) mass is 495 g/mol. The summed E-state index contributed by atoms with van der Waals surface area (Å²) in [5.74, 6) is 0.452. The fourth-order valence-electron chi connectivity index (χ4n) is 4.67. The second-order valence-electron chi connectivity index (χ2n) is 10.3. The van der Waals surface area contributed by atoms with Crippen LogP contribution in [0.4, 0.5) is 10.6 Å². The van der Waals surface area contributed by atoms with Crippen molar-refractivity contribution in [3.8, 4) is 17.2 Å². The fourth-order valence-corrected chi connectivity index (χ4v) is 4.93. The zero-order chi connectivity index (χ0) is 25.5. The summed E-state index contributed by atoms with van der Waals surface area (Å²) in [7, 11) is 3.35. The number of pyridine rings is 1. The van der Waals surface area contributed by atoms with E-state index in [2.05, 4.69) is 16.0 Å². The lowest BCUT2D eigenvalue weighted by Gasteiger charge is -2.51. The standard InChI is InChI=1S/C26H30ClN5O3/c1-26(2,3)35-25(34)32-15-19-7-8-20(32)14-31(19)23-17(12-28)10-18(13-29-23)16-6-9-21(22(27)11-16)24(33)30(4)5/h6,9-11,13,19-20H,7-8,14-15H2,1-5H3. The van der Waals surface area contributed by atoms with E-state index in [-0.39, 0.29) is 24.1 Å². The molecule has 3 aliphatic rings. The summed E-state index contributed by atoms with van der Waals surface area (Å²) < 4.78 is 5.59. The first-order valence-electron chi connectivity index (χ1n) is 11.7. The first kappa shape index (κ1) is 24.8. The molecule has 8 nitrogen and oxygen atoms in total. The Balaban J connectivity index is 1.57. The molecule has 0 saturated carbocycles. The van der Waals surface area contributed by atoms with Gasteiger partial charge < -0.3 is 19.4 Å². The van der Waals surface area contributed by atoms with E-state index in [0.29, 0.717) is 35.1 Å². The van der Waals surface area contributed by atoms with E-state index in [1.165, 1.54) is 4.90 Å². The molecule has 0 aliphatic carbocycles. The number of carbonyl (C=O) groups is 2. The fraction of sp³-hybridized carbons (Fsp3) is 0.462. The lowest BCUT2D eigenvalue weighted by molar-refractivity contribution is 0.000774. The molecule has 35 heavy (non-hydrogen) atoms. The lowest BCUT2D eigenvalue weighted by Crippen LogP contribution is -2.64. The van der Waals surface area contributed by atoms with E-state index in [1.54, 1.807) is 38.5 Å². The number of piperazine rings is 1. The van der Waals surface area contributed by atoms with E-state index < -0.39 is 5.60 Å². The van der Waals surface area contributed by atoms with Gasteiger partial charge in [0.2, 0.25) is 0 Å². The summed E-state index contributed by atoms with van der Waals surface area (Å²) in [5, 5.41) is 10.3. The lowest BCUT2D eigenvalue weighted by atomic mass is 9.90. The van der Waals surface area contributed by atoms with Crippen molar-refractivity contribution in [3.63, 3.8) is 0 Å². The number of ether oxygens (including phenoxy) is 1. The number of anilines is 1. The van der Waals surface area contributed by atoms with Crippen LogP contribution in [0.5, 0.6) is 0 Å². The van der Waals surface area contributed by atoms with Gasteiger partial charge in [-0.25, -0.2) is 9.78 Å². The van der Waals surface area contributed by atoms with Gasteiger partial charge in [-0.1, -0.05) is 17.7 Å². The highest BCUT2D eigenvalue weighted by molar-refractivity contribution is 6.34. The van der Waals surface area contributed by atoms with Crippen molar-refractivity contribution in [1.29, 1.82) is 5.26 Å². The van der Waals surface area contributed by atoms with Crippen molar-refractivity contribution in [2.24, 2.45) is 0 Å². The Hall–Kier alpha value is -3.31. The van der Waals surface area contributed by atoms with Gasteiger partial charge in [-0.3, -0.25) is 4.79 Å². The molecule has 2 unspecified atom stereocenters. The van der Waals surface area contributed by atoms with E-state index in [9.17, 15) is 14.9 Å². The largest absolute Gasteiger partial charge is 0.444 e. The van der Waals surface area contributed by atoms with Crippen LogP contribution in [0.3, 0.4) is 0 Å². The molecule has 3 saturated heterocycles. The van der Waals surface area contributed by atoms with Gasteiger partial charge in [-0.05, 0) is 57.4 Å². The minimum atomic E-state index is -0.542. The molecular weight excluding hydrogens is 466 g/mol. The molecule has 3 fully saturated rings. The number of aromatic nitrogens is 1. The zero-order valence-corrected chi connectivity index (χ0v) is 21.5. The second kappa shape index (κ2) is 9.38. The van der Waals surface area contributed by atoms with Gasteiger partial charge in [0.05, 0.1) is 22.2 Å². The van der Waals surface area contributed by atoms with Crippen molar-refractivity contribution < 1.29 is 14.3 Å². The number of hydrogen-bond donors (Lipinski definition) is 0. The smallest absolute Gasteiger partial charge is 0.410 e. The third-order valence-electron chi connectivity index (χ3n) is 6.36. The van der Waals surface area contributed by atoms with E-state index in [0.717, 1.165) is 24.0 Å². The Bertz CT molecular complexity index is 1200. The van der Waals surface area contributed by atoms with Crippen LogP contribution in [-0.2, 0) is 4.74 Å². The van der Waals surface area contributed by atoms with Crippen molar-refractivity contribution in [2.75, 3.05) is 32.1 Å². The van der Waals surface area contributed by atoms with Crippen molar-refractivity contribution in [1.82, 2.24) is 14.8 Å². The minimum absolute atomic E-state index is 0.0171. The average molecular weight is 496 g/mol. The predicted octanol–water partition coefficient (Wildman–Crippen LogP) is 4.56. The number of hydrogen-bond acceptors (Lipinski definition) is 6. The molecular formula is C26H30ClN5O3. The van der Waals surface area contributed by atoms with Gasteiger partial charge in [-0.2, -0.15) is 5.26 Å². The third kappa shape index (κ3) is 5.06. The second-order valence-corrected chi connectivity index (χ2v) is 10.7. The van der Waals surface area contributed by atoms with E-state index in [1.807, 2.05) is 31.7 Å². The van der Waals surface area contributed by atoms with E-state index >= 15 is 0 Å². The van der Waals surface area contributed by atoms with Gasteiger partial charge in [-0.15, -0.1) is 0 Å². The number of nitrogens with zero attached hydrogens (tertiary/aromatic N) is 5. The van der Waals surface area contributed by atoms with Crippen LogP contribution in [-0.4, -0.2) is 71.7 Å². The molecule has 1 aromatic heterocycles. The summed E-state index contributed by atoms with van der Waals surface area (Å²) in [6.45, 7) is 6.75. The van der Waals surface area contributed by atoms with Crippen LogP contribution in [0, 0.1) is 11.3 Å². The van der Waals surface area contributed by atoms with Gasteiger partial charge >= 0.3 is 6.09 Å². The molecule has 5 rings (SSSR count). The molecule has 1 aromatic carbocycles. The predicted molar refractivity (Wildman–Crippen MR) is 135 cm³/mol. The first-order chi connectivity index (χ1) is 16.5. The molecule has 0 radical (unpaired) electrons. The van der Waals surface area contributed by atoms with E-state index in [4.69, 9.17) is 16.3 Å². The summed E-state index contributed by atoms with van der Waals surface area (Å²) in [4.78, 5) is 35.1. The number of nitriles is 1. The number of fused-ring (bicyclic) bond motifs is 3. The Morgan fingerprint density at radius 1 is 1.14 bits per heavy atom. The van der Waals surface area contributed by atoms with Crippen LogP contribution in [0.15, 0.2) is 30.5 Å². The average Bonchev–Trinajstić information content (AvgIpc) is 2.82. The molecule has 2 bridgehead atoms. The number of halogens is 1. The molecule has 4 heterocycles. The van der Waals surface area contributed by atoms with Gasteiger partial charge in [0.25, 0.3) is 5.91 Å². The number of benzene rings is 1. The molecule has 2 amide bonds. The Labute approximate surface area is 211 Å². The quantitative estimate of drug-likeness (QED) is 0.620. The first-order valence-corrected chi connectivity index (χ1v) is 12.0. The number of piperidine rings is 2. The highest BCUT2D eigenvalue weighted by Crippen LogP contribution is 2.35. The molecule has 0 spiro atoms. The molecule has 3 aliphatic heterocycles. The molecule has 2 aromatic rings. The van der Waals surface area contributed by atoms with Gasteiger partial charge in [0, 0.05) is 45.0 Å². The summed E-state index contributed by atoms with van der Waals surface area (Å²) in [5.41, 5.74) is 1.86. The zero-order valence-electron chi connectivity index (χ0n) is 20.7. The Morgan fingerprint density at radius 2 is 1.86 bits per heavy atom. The summed E-state index contributed by atoms with van der Waals surface area (Å²) in [6, 6.07) is 9.39. The molecule has 2 atom stereocenters. The third-order valence-corrected chi connectivity index (χ3v) is 6.67. The summed E-state index contributed by atoms with van der Waals surface area (Å²) in [6.07, 6.45) is 3.26. The minimum Gasteiger partial charge on any atom is -0.444 e. The summed E-state index contributed by atoms with van der Waals surface area (Å²) >= 11 is 6.38. The number of carbonyl (C=O) groups excluding carboxylic acids is 2. The van der Waals surface area contributed by atoms with Gasteiger partial charge in [0.15, 0.2) is 0 Å². The maximum atomic E-state index is 12.7. The molecule has 9 heteroatoms. The van der Waals surface area contributed by atoms with Crippen molar-refractivity contribution in [2.45, 2.75) is 51.3 Å². The van der Waals surface area contributed by atoms with Crippen LogP contribution in [0.25, 0.3) is 11.1 Å². The molecule has 0 N–H and O–H groups in total. The van der Waals surface area contributed by atoms with Crippen molar-refractivity contribution >= 4 is 29.4 Å². The van der Waals surface area contributed by atoms with Crippen molar-refractivity contribution in [3.05, 3.63) is 46.6 Å². The number of amides is 2. The Morgan fingerprint density at radius 3 is 2.43 bits per heavy atom. The normalized spacial score (nSPS) is 19.3. The van der Waals surface area contributed by atoms with Crippen LogP contribution < -0.4 is 4.90 Å². The number of rotatable bonds is 3. The highest BCUT2D eigenvalue weighted by Gasteiger charge is 2.43. The molecule has 184 valence electrons. The maximum Gasteiger partial charge on any atom is 0.410 e. The SMILES string of the molecule is CN(C)C(=O)c1ccc(-c2cnc(N3CC4CCC3CN4C(=O)OC(C)(C)C)c(C#N)c2)cc1Cl. The van der Waals surface area contributed by atoms with Gasteiger partial charge in [0.1, 0.15) is 17.5 Å². The maximum absolute atomic E-state index is 12.7. The van der Waals surface area contributed by atoms with Crippen LogP contribution >= 0.6 is 11.6 Å². The highest BCUT2D eigenvalue weighted by atomic mass is 35.5. The van der Waals surface area contributed by atoms with Crippen LogP contribution in [0.1, 0.15) is 49.5 Å². The topological polar surface area (TPSA) is 89.8 Å².